The van der Waals surface area contributed by atoms with E-state index >= 15 is 0 Å². The van der Waals surface area contributed by atoms with Crippen LogP contribution in [-0.2, 0) is 4.79 Å². The average molecular weight is 211 g/mol. The first-order chi connectivity index (χ1) is 7.24. The molecular weight excluding hydrogens is 206 g/mol. The number of hydrogen-bond donors (Lipinski definition) is 0. The van der Waals surface area contributed by atoms with Crippen LogP contribution in [-0.4, -0.2) is 18.2 Å². The zero-order chi connectivity index (χ0) is 10.8. The lowest BCUT2D eigenvalue weighted by Crippen LogP contribution is -1.98. The SMILES string of the molecule is O=COc1ccc2c(c1[N+](=O)[O-])OCO2. The van der Waals surface area contributed by atoms with E-state index in [1.807, 2.05) is 0 Å². The molecule has 1 aliphatic rings. The lowest BCUT2D eigenvalue weighted by molar-refractivity contribution is -0.386. The van der Waals surface area contributed by atoms with Crippen molar-refractivity contribution in [3.05, 3.63) is 22.2 Å². The summed E-state index contributed by atoms with van der Waals surface area (Å²) in [6.07, 6.45) is 0. The zero-order valence-electron chi connectivity index (χ0n) is 7.34. The van der Waals surface area contributed by atoms with Gasteiger partial charge in [-0.1, -0.05) is 0 Å². The van der Waals surface area contributed by atoms with Gasteiger partial charge in [0, 0.05) is 0 Å². The summed E-state index contributed by atoms with van der Waals surface area (Å²) >= 11 is 0. The highest BCUT2D eigenvalue weighted by molar-refractivity contribution is 5.67. The fraction of sp³-hybridized carbons (Fsp3) is 0.125. The maximum atomic E-state index is 10.7. The normalized spacial score (nSPS) is 12.3. The molecule has 0 amide bonds. The van der Waals surface area contributed by atoms with Crippen molar-refractivity contribution in [2.24, 2.45) is 0 Å². The van der Waals surface area contributed by atoms with Crippen molar-refractivity contribution >= 4 is 12.2 Å². The second kappa shape index (κ2) is 3.45. The highest BCUT2D eigenvalue weighted by atomic mass is 16.7. The van der Waals surface area contributed by atoms with Crippen molar-refractivity contribution in [1.29, 1.82) is 0 Å². The van der Waals surface area contributed by atoms with Crippen LogP contribution in [0.1, 0.15) is 0 Å². The molecule has 7 nitrogen and oxygen atoms in total. The van der Waals surface area contributed by atoms with Crippen molar-refractivity contribution in [3.8, 4) is 17.2 Å². The minimum absolute atomic E-state index is 0.0145. The molecule has 1 aromatic rings. The Kier molecular flexibility index (Phi) is 2.13. The molecule has 0 radical (unpaired) electrons. The highest BCUT2D eigenvalue weighted by Gasteiger charge is 2.30. The number of hydrogen-bond acceptors (Lipinski definition) is 6. The number of carbonyl (C=O) groups is 1. The molecule has 0 unspecified atom stereocenters. The van der Waals surface area contributed by atoms with Gasteiger partial charge in [0.05, 0.1) is 4.92 Å². The van der Waals surface area contributed by atoms with Crippen LogP contribution in [0.15, 0.2) is 12.1 Å². The summed E-state index contributed by atoms with van der Waals surface area (Å²) in [5, 5.41) is 10.7. The predicted molar refractivity (Wildman–Crippen MR) is 45.9 cm³/mol. The molecule has 2 rings (SSSR count). The number of nitrogens with zero attached hydrogens (tertiary/aromatic N) is 1. The number of fused-ring (bicyclic) bond motifs is 1. The molecule has 0 saturated heterocycles. The van der Waals surface area contributed by atoms with Gasteiger partial charge in [0.1, 0.15) is 0 Å². The first-order valence-corrected chi connectivity index (χ1v) is 3.91. The van der Waals surface area contributed by atoms with Crippen molar-refractivity contribution in [1.82, 2.24) is 0 Å². The number of ether oxygens (including phenoxy) is 3. The molecule has 0 bridgehead atoms. The monoisotopic (exact) mass is 211 g/mol. The van der Waals surface area contributed by atoms with Crippen LogP contribution >= 0.6 is 0 Å². The third-order valence-electron chi connectivity index (χ3n) is 1.83. The summed E-state index contributed by atoms with van der Waals surface area (Å²) in [5.74, 6) is 0.0820. The van der Waals surface area contributed by atoms with Crippen molar-refractivity contribution in [2.45, 2.75) is 0 Å². The Bertz CT molecular complexity index is 429. The predicted octanol–water partition coefficient (Wildman–Crippen LogP) is 0.859. The van der Waals surface area contributed by atoms with E-state index in [2.05, 4.69) is 4.74 Å². The zero-order valence-corrected chi connectivity index (χ0v) is 7.34. The van der Waals surface area contributed by atoms with Crippen LogP contribution in [0, 0.1) is 10.1 Å². The molecule has 0 aliphatic carbocycles. The van der Waals surface area contributed by atoms with Gasteiger partial charge in [-0.2, -0.15) is 0 Å². The van der Waals surface area contributed by atoms with Crippen LogP contribution in [0.2, 0.25) is 0 Å². The molecule has 1 heterocycles. The molecule has 1 aliphatic heterocycles. The van der Waals surface area contributed by atoms with E-state index in [0.29, 0.717) is 0 Å². The van der Waals surface area contributed by atoms with Crippen molar-refractivity contribution in [3.63, 3.8) is 0 Å². The first-order valence-electron chi connectivity index (χ1n) is 3.91. The third kappa shape index (κ3) is 1.43. The topological polar surface area (TPSA) is 87.9 Å². The van der Waals surface area contributed by atoms with E-state index in [9.17, 15) is 14.9 Å². The van der Waals surface area contributed by atoms with Gasteiger partial charge in [0.2, 0.25) is 18.3 Å². The summed E-state index contributed by atoms with van der Waals surface area (Å²) in [4.78, 5) is 20.2. The van der Waals surface area contributed by atoms with Crippen LogP contribution in [0.5, 0.6) is 17.2 Å². The van der Waals surface area contributed by atoms with Crippen molar-refractivity contribution < 1.29 is 23.9 Å². The van der Waals surface area contributed by atoms with E-state index < -0.39 is 10.6 Å². The Balaban J connectivity index is 2.57. The number of carbonyl (C=O) groups excluding carboxylic acids is 1. The van der Waals surface area contributed by atoms with Gasteiger partial charge in [-0.05, 0) is 12.1 Å². The van der Waals surface area contributed by atoms with Gasteiger partial charge >= 0.3 is 5.69 Å². The Labute approximate surface area is 83.3 Å². The van der Waals surface area contributed by atoms with Gasteiger partial charge in [-0.15, -0.1) is 0 Å². The van der Waals surface area contributed by atoms with Gasteiger partial charge in [0.15, 0.2) is 5.75 Å². The minimum atomic E-state index is -0.688. The smallest absolute Gasteiger partial charge is 0.357 e. The fourth-order valence-corrected chi connectivity index (χ4v) is 1.26. The second-order valence-corrected chi connectivity index (χ2v) is 2.62. The van der Waals surface area contributed by atoms with Gasteiger partial charge in [-0.25, -0.2) is 0 Å². The number of nitro benzene ring substituents is 1. The molecule has 15 heavy (non-hydrogen) atoms. The Hall–Kier alpha value is -2.31. The number of benzene rings is 1. The summed E-state index contributed by atoms with van der Waals surface area (Å²) in [7, 11) is 0. The molecule has 1 aromatic carbocycles. The first kappa shape index (κ1) is 9.25. The summed E-state index contributed by atoms with van der Waals surface area (Å²) in [6.45, 7) is 0.0330. The average Bonchev–Trinajstić information content (AvgIpc) is 2.64. The molecule has 0 saturated carbocycles. The lowest BCUT2D eigenvalue weighted by atomic mass is 10.2. The Morgan fingerprint density at radius 2 is 2.27 bits per heavy atom. The highest BCUT2D eigenvalue weighted by Crippen LogP contribution is 2.45. The molecular formula is C8H5NO6. The van der Waals surface area contributed by atoms with E-state index in [1.165, 1.54) is 12.1 Å². The van der Waals surface area contributed by atoms with E-state index in [-0.39, 0.29) is 30.5 Å². The quantitative estimate of drug-likeness (QED) is 0.418. The second-order valence-electron chi connectivity index (χ2n) is 2.62. The standard InChI is InChI=1S/C8H5NO6/c10-3-13-5-1-2-6-8(15-4-14-6)7(5)9(11)12/h1-3H,4H2. The summed E-state index contributed by atoms with van der Waals surface area (Å²) in [5.41, 5.74) is -0.405. The maximum absolute atomic E-state index is 10.7. The van der Waals surface area contributed by atoms with Crippen LogP contribution < -0.4 is 14.2 Å². The molecule has 0 N–H and O–H groups in total. The largest absolute Gasteiger partial charge is 0.453 e. The van der Waals surface area contributed by atoms with Crippen LogP contribution in [0.3, 0.4) is 0 Å². The van der Waals surface area contributed by atoms with E-state index in [4.69, 9.17) is 9.47 Å². The molecule has 0 atom stereocenters. The fourth-order valence-electron chi connectivity index (χ4n) is 1.26. The summed E-state index contributed by atoms with van der Waals surface area (Å²) < 4.78 is 14.3. The molecule has 0 fully saturated rings. The van der Waals surface area contributed by atoms with E-state index in [1.54, 1.807) is 0 Å². The third-order valence-corrected chi connectivity index (χ3v) is 1.83. The molecule has 0 spiro atoms. The minimum Gasteiger partial charge on any atom is -0.453 e. The maximum Gasteiger partial charge on any atom is 0.357 e. The number of rotatable bonds is 3. The molecule has 0 aromatic heterocycles. The molecule has 78 valence electrons. The Morgan fingerprint density at radius 1 is 1.47 bits per heavy atom. The Morgan fingerprint density at radius 3 is 2.93 bits per heavy atom. The van der Waals surface area contributed by atoms with Gasteiger partial charge in [-0.3, -0.25) is 14.9 Å². The molecule has 7 heteroatoms. The summed E-state index contributed by atoms with van der Waals surface area (Å²) in [6, 6.07) is 2.72. The van der Waals surface area contributed by atoms with Crippen molar-refractivity contribution in [2.75, 3.05) is 6.79 Å². The van der Waals surface area contributed by atoms with Crippen LogP contribution in [0.25, 0.3) is 0 Å². The van der Waals surface area contributed by atoms with Crippen LogP contribution in [0.4, 0.5) is 5.69 Å². The van der Waals surface area contributed by atoms with Gasteiger partial charge < -0.3 is 14.2 Å². The number of nitro groups is 1. The lowest BCUT2D eigenvalue weighted by Gasteiger charge is -2.02. The van der Waals surface area contributed by atoms with Gasteiger partial charge in [0.25, 0.3) is 6.47 Å². The van der Waals surface area contributed by atoms with E-state index in [0.717, 1.165) is 0 Å².